The van der Waals surface area contributed by atoms with Crippen molar-refractivity contribution in [1.82, 2.24) is 15.2 Å². The van der Waals surface area contributed by atoms with Crippen molar-refractivity contribution in [2.75, 3.05) is 33.4 Å². The first-order valence-electron chi connectivity index (χ1n) is 5.77. The van der Waals surface area contributed by atoms with Gasteiger partial charge >= 0.3 is 0 Å². The molecule has 0 bridgehead atoms. The molecule has 5 heteroatoms. The third-order valence-corrected chi connectivity index (χ3v) is 2.81. The molecule has 1 saturated heterocycles. The summed E-state index contributed by atoms with van der Waals surface area (Å²) in [5, 5.41) is 3.08. The van der Waals surface area contributed by atoms with Crippen LogP contribution >= 0.6 is 0 Å². The summed E-state index contributed by atoms with van der Waals surface area (Å²) in [6.07, 6.45) is 1.64. The summed E-state index contributed by atoms with van der Waals surface area (Å²) in [4.78, 5) is 18.2. The van der Waals surface area contributed by atoms with Gasteiger partial charge in [-0.1, -0.05) is 6.07 Å². The zero-order valence-electron chi connectivity index (χ0n) is 9.93. The normalized spacial score (nSPS) is 20.3. The Bertz CT molecular complexity index is 367. The second kappa shape index (κ2) is 5.75. The van der Waals surface area contributed by atoms with Gasteiger partial charge in [-0.25, -0.2) is 0 Å². The summed E-state index contributed by atoms with van der Waals surface area (Å²) in [7, 11) is 1.87. The molecule has 1 fully saturated rings. The summed E-state index contributed by atoms with van der Waals surface area (Å²) in [5.74, 6) is -0.0193. The summed E-state index contributed by atoms with van der Waals surface area (Å²) in [6.45, 7) is 2.54. The zero-order chi connectivity index (χ0) is 12.1. The van der Waals surface area contributed by atoms with Crippen molar-refractivity contribution in [3.05, 3.63) is 30.1 Å². The second-order valence-corrected chi connectivity index (χ2v) is 4.00. The lowest BCUT2D eigenvalue weighted by molar-refractivity contribution is -0.00128. The number of morpholine rings is 1. The number of pyridine rings is 1. The molecule has 1 aromatic rings. The molecule has 1 aliphatic rings. The smallest absolute Gasteiger partial charge is 0.272 e. The van der Waals surface area contributed by atoms with Crippen LogP contribution in [0, 0.1) is 0 Å². The number of nitrogens with zero attached hydrogens (tertiary/aromatic N) is 2. The largest absolute Gasteiger partial charge is 0.377 e. The Morgan fingerprint density at radius 2 is 2.53 bits per heavy atom. The molecule has 0 saturated carbocycles. The molecule has 92 valence electrons. The lowest BCUT2D eigenvalue weighted by Crippen LogP contribution is -2.52. The van der Waals surface area contributed by atoms with E-state index in [1.165, 1.54) is 0 Å². The van der Waals surface area contributed by atoms with Crippen LogP contribution in [0.1, 0.15) is 10.5 Å². The van der Waals surface area contributed by atoms with Gasteiger partial charge in [-0.2, -0.15) is 0 Å². The van der Waals surface area contributed by atoms with E-state index in [1.807, 2.05) is 18.0 Å². The highest BCUT2D eigenvalue weighted by atomic mass is 16.5. The molecule has 1 unspecified atom stereocenters. The van der Waals surface area contributed by atoms with E-state index in [9.17, 15) is 4.79 Å². The van der Waals surface area contributed by atoms with Crippen LogP contribution in [0.15, 0.2) is 24.4 Å². The number of carbonyl (C=O) groups excluding carboxylic acids is 1. The van der Waals surface area contributed by atoms with Crippen molar-refractivity contribution in [2.24, 2.45) is 0 Å². The van der Waals surface area contributed by atoms with Gasteiger partial charge in [0.05, 0.1) is 19.3 Å². The Morgan fingerprint density at radius 3 is 3.24 bits per heavy atom. The number of amides is 1. The zero-order valence-corrected chi connectivity index (χ0v) is 9.93. The fraction of sp³-hybridized carbons (Fsp3) is 0.500. The minimum absolute atomic E-state index is 0.0193. The third kappa shape index (κ3) is 2.81. The lowest BCUT2D eigenvalue weighted by atomic mass is 10.2. The average molecular weight is 235 g/mol. The molecule has 1 N–H and O–H groups in total. The maximum absolute atomic E-state index is 12.3. The van der Waals surface area contributed by atoms with E-state index in [0.717, 1.165) is 6.54 Å². The van der Waals surface area contributed by atoms with Gasteiger partial charge in [-0.15, -0.1) is 0 Å². The van der Waals surface area contributed by atoms with Gasteiger partial charge in [-0.05, 0) is 19.2 Å². The molecule has 0 aromatic carbocycles. The topological polar surface area (TPSA) is 54.5 Å². The van der Waals surface area contributed by atoms with Crippen LogP contribution in [-0.4, -0.2) is 55.2 Å². The minimum atomic E-state index is -0.0193. The van der Waals surface area contributed by atoms with Crippen LogP contribution in [0.2, 0.25) is 0 Å². The molecular formula is C12H17N3O2. The minimum Gasteiger partial charge on any atom is -0.377 e. The van der Waals surface area contributed by atoms with Crippen LogP contribution < -0.4 is 5.32 Å². The van der Waals surface area contributed by atoms with E-state index < -0.39 is 0 Å². The van der Waals surface area contributed by atoms with Crippen LogP contribution in [0.5, 0.6) is 0 Å². The Balaban J connectivity index is 2.11. The van der Waals surface area contributed by atoms with Crippen molar-refractivity contribution in [1.29, 1.82) is 0 Å². The fourth-order valence-electron chi connectivity index (χ4n) is 1.96. The molecule has 1 aliphatic heterocycles. The number of aromatic nitrogens is 1. The summed E-state index contributed by atoms with van der Waals surface area (Å²) >= 11 is 0. The number of ether oxygens (including phenoxy) is 1. The number of rotatable bonds is 3. The van der Waals surface area contributed by atoms with Gasteiger partial charge in [0.2, 0.25) is 0 Å². The van der Waals surface area contributed by atoms with Crippen molar-refractivity contribution in [2.45, 2.75) is 6.04 Å². The molecule has 2 rings (SSSR count). The molecule has 1 atom stereocenters. The van der Waals surface area contributed by atoms with Gasteiger partial charge in [-0.3, -0.25) is 9.78 Å². The Kier molecular flexibility index (Phi) is 4.06. The van der Waals surface area contributed by atoms with Gasteiger partial charge in [0.25, 0.3) is 5.91 Å². The first kappa shape index (κ1) is 12.0. The van der Waals surface area contributed by atoms with Crippen LogP contribution in [0.3, 0.4) is 0 Å². The van der Waals surface area contributed by atoms with Crippen LogP contribution in [0.4, 0.5) is 0 Å². The van der Waals surface area contributed by atoms with Gasteiger partial charge in [0, 0.05) is 19.3 Å². The maximum Gasteiger partial charge on any atom is 0.272 e. The SMILES string of the molecule is CNCC1COCCN1C(=O)c1ccccn1. The van der Waals surface area contributed by atoms with Crippen molar-refractivity contribution in [3.8, 4) is 0 Å². The molecule has 2 heterocycles. The van der Waals surface area contributed by atoms with E-state index in [0.29, 0.717) is 25.5 Å². The quantitative estimate of drug-likeness (QED) is 0.810. The van der Waals surface area contributed by atoms with Crippen molar-refractivity contribution in [3.63, 3.8) is 0 Å². The number of likely N-dealkylation sites (N-methyl/N-ethyl adjacent to an activating group) is 1. The molecule has 0 aliphatic carbocycles. The summed E-state index contributed by atoms with van der Waals surface area (Å²) < 4.78 is 5.40. The van der Waals surface area contributed by atoms with E-state index in [-0.39, 0.29) is 11.9 Å². The monoisotopic (exact) mass is 235 g/mol. The van der Waals surface area contributed by atoms with E-state index in [2.05, 4.69) is 10.3 Å². The van der Waals surface area contributed by atoms with Crippen molar-refractivity contribution < 1.29 is 9.53 Å². The van der Waals surface area contributed by atoms with Gasteiger partial charge < -0.3 is 15.0 Å². The second-order valence-electron chi connectivity index (χ2n) is 4.00. The van der Waals surface area contributed by atoms with Gasteiger partial charge in [0.15, 0.2) is 0 Å². The Morgan fingerprint density at radius 1 is 1.65 bits per heavy atom. The Hall–Kier alpha value is -1.46. The number of hydrogen-bond acceptors (Lipinski definition) is 4. The van der Waals surface area contributed by atoms with E-state index >= 15 is 0 Å². The fourth-order valence-corrected chi connectivity index (χ4v) is 1.96. The molecule has 17 heavy (non-hydrogen) atoms. The lowest BCUT2D eigenvalue weighted by Gasteiger charge is -2.35. The van der Waals surface area contributed by atoms with Crippen LogP contribution in [0.25, 0.3) is 0 Å². The maximum atomic E-state index is 12.3. The highest BCUT2D eigenvalue weighted by Crippen LogP contribution is 2.10. The third-order valence-electron chi connectivity index (χ3n) is 2.81. The standard InChI is InChI=1S/C12H17N3O2/c1-13-8-10-9-17-7-6-15(10)12(16)11-4-2-3-5-14-11/h2-5,10,13H,6-9H2,1H3. The highest BCUT2D eigenvalue weighted by molar-refractivity contribution is 5.92. The van der Waals surface area contributed by atoms with E-state index in [4.69, 9.17) is 4.74 Å². The van der Waals surface area contributed by atoms with Crippen molar-refractivity contribution >= 4 is 5.91 Å². The number of carbonyl (C=O) groups is 1. The highest BCUT2D eigenvalue weighted by Gasteiger charge is 2.27. The number of hydrogen-bond donors (Lipinski definition) is 1. The first-order valence-corrected chi connectivity index (χ1v) is 5.77. The Labute approximate surface area is 101 Å². The molecular weight excluding hydrogens is 218 g/mol. The predicted octanol–water partition coefficient (Wildman–Crippen LogP) is 0.142. The average Bonchev–Trinajstić information content (AvgIpc) is 2.40. The summed E-state index contributed by atoms with van der Waals surface area (Å²) in [5.41, 5.74) is 0.496. The molecule has 0 spiro atoms. The van der Waals surface area contributed by atoms with Crippen LogP contribution in [-0.2, 0) is 4.74 Å². The first-order chi connectivity index (χ1) is 8.33. The molecule has 1 amide bonds. The molecule has 0 radical (unpaired) electrons. The summed E-state index contributed by atoms with van der Waals surface area (Å²) in [6, 6.07) is 5.46. The predicted molar refractivity (Wildman–Crippen MR) is 63.8 cm³/mol. The van der Waals surface area contributed by atoms with Gasteiger partial charge in [0.1, 0.15) is 5.69 Å². The molecule has 5 nitrogen and oxygen atoms in total. The number of nitrogens with one attached hydrogen (secondary N) is 1. The molecule has 1 aromatic heterocycles. The van der Waals surface area contributed by atoms with E-state index in [1.54, 1.807) is 18.3 Å².